The van der Waals surface area contributed by atoms with Gasteiger partial charge < -0.3 is 5.32 Å². The first-order valence-corrected chi connectivity index (χ1v) is 8.20. The number of carbonyl (C=O) groups is 1. The molecule has 0 unspecified atom stereocenters. The van der Waals surface area contributed by atoms with Crippen LogP contribution in [0.25, 0.3) is 11.1 Å². The van der Waals surface area contributed by atoms with Crippen LogP contribution in [-0.2, 0) is 0 Å². The number of rotatable bonds is 3. The number of amides is 1. The molecule has 2 atom stereocenters. The van der Waals surface area contributed by atoms with Gasteiger partial charge in [0.1, 0.15) is 0 Å². The fraction of sp³-hybridized carbons (Fsp3) is 0.350. The Hall–Kier alpha value is -2.09. The molecule has 22 heavy (non-hydrogen) atoms. The second-order valence-corrected chi connectivity index (χ2v) is 6.29. The van der Waals surface area contributed by atoms with Gasteiger partial charge in [0.2, 0.25) is 0 Å². The van der Waals surface area contributed by atoms with Gasteiger partial charge in [-0.3, -0.25) is 4.79 Å². The van der Waals surface area contributed by atoms with Gasteiger partial charge in [-0.15, -0.1) is 0 Å². The molecule has 2 aromatic carbocycles. The van der Waals surface area contributed by atoms with Crippen LogP contribution < -0.4 is 5.32 Å². The topological polar surface area (TPSA) is 29.1 Å². The molecule has 1 N–H and O–H groups in total. The van der Waals surface area contributed by atoms with Crippen LogP contribution in [0.2, 0.25) is 0 Å². The van der Waals surface area contributed by atoms with Crippen molar-refractivity contribution in [3.05, 3.63) is 60.2 Å². The molecule has 1 aliphatic carbocycles. The van der Waals surface area contributed by atoms with Crippen LogP contribution in [0, 0.1) is 5.92 Å². The molecule has 0 aliphatic heterocycles. The molecule has 0 spiro atoms. The fourth-order valence-corrected chi connectivity index (χ4v) is 3.23. The Morgan fingerprint density at radius 1 is 0.909 bits per heavy atom. The Morgan fingerprint density at radius 2 is 1.55 bits per heavy atom. The van der Waals surface area contributed by atoms with Crippen LogP contribution in [0.15, 0.2) is 54.6 Å². The van der Waals surface area contributed by atoms with E-state index in [4.69, 9.17) is 0 Å². The fourth-order valence-electron chi connectivity index (χ4n) is 3.23. The van der Waals surface area contributed by atoms with Crippen LogP contribution in [0.4, 0.5) is 0 Å². The van der Waals surface area contributed by atoms with Gasteiger partial charge >= 0.3 is 0 Å². The van der Waals surface area contributed by atoms with Gasteiger partial charge in [-0.2, -0.15) is 0 Å². The van der Waals surface area contributed by atoms with Gasteiger partial charge in [0.15, 0.2) is 0 Å². The van der Waals surface area contributed by atoms with Crippen LogP contribution in [0.5, 0.6) is 0 Å². The molecule has 0 aromatic heterocycles. The monoisotopic (exact) mass is 293 g/mol. The molecule has 2 heteroatoms. The lowest BCUT2D eigenvalue weighted by molar-refractivity contribution is 0.0910. The van der Waals surface area contributed by atoms with E-state index in [0.29, 0.717) is 12.0 Å². The summed E-state index contributed by atoms with van der Waals surface area (Å²) in [5, 5.41) is 3.21. The largest absolute Gasteiger partial charge is 0.349 e. The van der Waals surface area contributed by atoms with Gasteiger partial charge in [-0.1, -0.05) is 62.2 Å². The van der Waals surface area contributed by atoms with E-state index >= 15 is 0 Å². The highest BCUT2D eigenvalue weighted by Gasteiger charge is 2.23. The van der Waals surface area contributed by atoms with Crippen molar-refractivity contribution in [3.63, 3.8) is 0 Å². The molecule has 1 fully saturated rings. The van der Waals surface area contributed by atoms with Gasteiger partial charge in [0.05, 0.1) is 0 Å². The molecule has 114 valence electrons. The van der Waals surface area contributed by atoms with E-state index in [0.717, 1.165) is 17.5 Å². The molecule has 1 aliphatic rings. The second kappa shape index (κ2) is 6.78. The summed E-state index contributed by atoms with van der Waals surface area (Å²) in [6, 6.07) is 18.4. The highest BCUT2D eigenvalue weighted by Crippen LogP contribution is 2.24. The maximum Gasteiger partial charge on any atom is 0.251 e. The molecule has 1 amide bonds. The summed E-state index contributed by atoms with van der Waals surface area (Å²) in [6.07, 6.45) is 4.84. The maximum absolute atomic E-state index is 12.4. The summed E-state index contributed by atoms with van der Waals surface area (Å²) in [6.45, 7) is 2.24. The van der Waals surface area contributed by atoms with E-state index in [2.05, 4.69) is 24.4 Å². The molecule has 0 bridgehead atoms. The minimum Gasteiger partial charge on any atom is -0.349 e. The van der Waals surface area contributed by atoms with Gasteiger partial charge in [0.25, 0.3) is 5.91 Å². The zero-order chi connectivity index (χ0) is 15.4. The Morgan fingerprint density at radius 3 is 2.23 bits per heavy atom. The molecule has 3 rings (SSSR count). The number of carbonyl (C=O) groups excluding carboxylic acids is 1. The zero-order valence-electron chi connectivity index (χ0n) is 13.1. The molecule has 2 aromatic rings. The van der Waals surface area contributed by atoms with E-state index in [1.54, 1.807) is 0 Å². The first-order valence-electron chi connectivity index (χ1n) is 8.20. The van der Waals surface area contributed by atoms with Crippen molar-refractivity contribution in [2.24, 2.45) is 5.92 Å². The first kappa shape index (κ1) is 14.8. The SMILES string of the molecule is C[C@@H]1CCCC[C@@H]1NC(=O)c1ccc(-c2ccccc2)cc1. The van der Waals surface area contributed by atoms with E-state index in [-0.39, 0.29) is 5.91 Å². The predicted octanol–water partition coefficient (Wildman–Crippen LogP) is 4.66. The Bertz CT molecular complexity index is 618. The van der Waals surface area contributed by atoms with E-state index < -0.39 is 0 Å². The Kier molecular flexibility index (Phi) is 4.57. The molecule has 0 saturated heterocycles. The predicted molar refractivity (Wildman–Crippen MR) is 90.8 cm³/mol. The number of nitrogens with one attached hydrogen (secondary N) is 1. The van der Waals surface area contributed by atoms with Crippen molar-refractivity contribution < 1.29 is 4.79 Å². The van der Waals surface area contributed by atoms with Crippen molar-refractivity contribution in [1.82, 2.24) is 5.32 Å². The minimum absolute atomic E-state index is 0.0540. The third-order valence-corrected chi connectivity index (χ3v) is 4.68. The lowest BCUT2D eigenvalue weighted by Crippen LogP contribution is -2.41. The van der Waals surface area contributed by atoms with Crippen molar-refractivity contribution in [1.29, 1.82) is 0 Å². The standard InChI is InChI=1S/C20H23NO/c1-15-7-5-6-10-19(15)21-20(22)18-13-11-17(12-14-18)16-8-3-2-4-9-16/h2-4,8-9,11-15,19H,5-7,10H2,1H3,(H,21,22)/t15-,19+/m1/s1. The van der Waals surface area contributed by atoms with E-state index in [1.165, 1.54) is 24.8 Å². The molecule has 2 nitrogen and oxygen atoms in total. The molecule has 0 radical (unpaired) electrons. The zero-order valence-corrected chi connectivity index (χ0v) is 13.1. The van der Waals surface area contributed by atoms with Gasteiger partial charge in [-0.05, 0) is 42.0 Å². The van der Waals surface area contributed by atoms with Crippen molar-refractivity contribution in [3.8, 4) is 11.1 Å². The maximum atomic E-state index is 12.4. The van der Waals surface area contributed by atoms with Crippen LogP contribution >= 0.6 is 0 Å². The first-order chi connectivity index (χ1) is 10.7. The highest BCUT2D eigenvalue weighted by atomic mass is 16.1. The summed E-state index contributed by atoms with van der Waals surface area (Å²) in [5.74, 6) is 0.639. The smallest absolute Gasteiger partial charge is 0.251 e. The second-order valence-electron chi connectivity index (χ2n) is 6.29. The van der Waals surface area contributed by atoms with Crippen molar-refractivity contribution >= 4 is 5.91 Å². The molecule has 1 saturated carbocycles. The number of hydrogen-bond donors (Lipinski definition) is 1. The van der Waals surface area contributed by atoms with Gasteiger partial charge in [-0.25, -0.2) is 0 Å². The van der Waals surface area contributed by atoms with E-state index in [1.807, 2.05) is 42.5 Å². The minimum atomic E-state index is 0.0540. The average Bonchev–Trinajstić information content (AvgIpc) is 2.58. The summed E-state index contributed by atoms with van der Waals surface area (Å²) in [7, 11) is 0. The third-order valence-electron chi connectivity index (χ3n) is 4.68. The van der Waals surface area contributed by atoms with E-state index in [9.17, 15) is 4.79 Å². The normalized spacial score (nSPS) is 21.3. The van der Waals surface area contributed by atoms with Crippen molar-refractivity contribution in [2.45, 2.75) is 38.6 Å². The molecular weight excluding hydrogens is 270 g/mol. The number of benzene rings is 2. The number of hydrogen-bond acceptors (Lipinski definition) is 1. The quantitative estimate of drug-likeness (QED) is 0.876. The highest BCUT2D eigenvalue weighted by molar-refractivity contribution is 5.94. The Balaban J connectivity index is 1.68. The Labute approximate surface area is 132 Å². The summed E-state index contributed by atoms with van der Waals surface area (Å²) in [4.78, 5) is 12.4. The summed E-state index contributed by atoms with van der Waals surface area (Å²) in [5.41, 5.74) is 3.07. The van der Waals surface area contributed by atoms with Gasteiger partial charge in [0, 0.05) is 11.6 Å². The van der Waals surface area contributed by atoms with Crippen LogP contribution in [0.3, 0.4) is 0 Å². The third kappa shape index (κ3) is 3.38. The van der Waals surface area contributed by atoms with Crippen LogP contribution in [-0.4, -0.2) is 11.9 Å². The summed E-state index contributed by atoms with van der Waals surface area (Å²) < 4.78 is 0. The molecular formula is C20H23NO. The molecule has 0 heterocycles. The van der Waals surface area contributed by atoms with Crippen molar-refractivity contribution in [2.75, 3.05) is 0 Å². The average molecular weight is 293 g/mol. The van der Waals surface area contributed by atoms with Crippen LogP contribution in [0.1, 0.15) is 43.0 Å². The summed E-state index contributed by atoms with van der Waals surface area (Å²) >= 11 is 0. The lowest BCUT2D eigenvalue weighted by Gasteiger charge is -2.29. The lowest BCUT2D eigenvalue weighted by atomic mass is 9.86.